The molecule has 0 atom stereocenters. The number of hydrogen-bond donors (Lipinski definition) is 1. The van der Waals surface area contributed by atoms with Crippen LogP contribution in [0.25, 0.3) is 0 Å². The summed E-state index contributed by atoms with van der Waals surface area (Å²) in [5, 5.41) is 3.31. The molecule has 0 amide bonds. The predicted octanol–water partition coefficient (Wildman–Crippen LogP) is 2.63. The van der Waals surface area contributed by atoms with E-state index in [9.17, 15) is 0 Å². The van der Waals surface area contributed by atoms with E-state index in [1.54, 1.807) is 0 Å². The van der Waals surface area contributed by atoms with E-state index in [0.717, 1.165) is 6.42 Å². The van der Waals surface area contributed by atoms with Crippen LogP contribution in [0.4, 0.5) is 0 Å². The summed E-state index contributed by atoms with van der Waals surface area (Å²) >= 11 is 0. The fourth-order valence-corrected chi connectivity index (χ4v) is 0.667. The molecule has 0 saturated heterocycles. The minimum absolute atomic E-state index is 0. The fourth-order valence-electron chi connectivity index (χ4n) is 0.667. The molecule has 0 aliphatic carbocycles. The summed E-state index contributed by atoms with van der Waals surface area (Å²) in [6.07, 6.45) is 2.28. The van der Waals surface area contributed by atoms with Crippen LogP contribution in [0.3, 0.4) is 0 Å². The number of nitrogens with one attached hydrogen (secondary N) is 1. The fraction of sp³-hybridized carbons (Fsp3) is 0.900. The molecular formula is C10H24MgN+. The maximum Gasteiger partial charge on any atom is 2.00 e. The van der Waals surface area contributed by atoms with Gasteiger partial charge in [-0.05, 0) is 0 Å². The zero-order chi connectivity index (χ0) is 9.28. The first-order chi connectivity index (χ1) is 5.04. The quantitative estimate of drug-likeness (QED) is 0.523. The molecule has 1 nitrogen and oxygen atoms in total. The molecule has 0 aromatic heterocycles. The second kappa shape index (κ2) is 14.3. The number of rotatable bonds is 3. The topological polar surface area (TPSA) is 12.0 Å². The summed E-state index contributed by atoms with van der Waals surface area (Å²) in [6.45, 7) is 14.3. The molecule has 0 fully saturated rings. The van der Waals surface area contributed by atoms with Crippen molar-refractivity contribution >= 4 is 23.1 Å². The Balaban J connectivity index is -0.000000142. The van der Waals surface area contributed by atoms with Gasteiger partial charge in [0, 0.05) is 12.1 Å². The Morgan fingerprint density at radius 3 is 1.33 bits per heavy atom. The molecule has 0 bridgehead atoms. The first-order valence-corrected chi connectivity index (χ1v) is 4.59. The van der Waals surface area contributed by atoms with Gasteiger partial charge in [0.25, 0.3) is 0 Å². The Morgan fingerprint density at radius 2 is 1.33 bits per heavy atom. The molecule has 0 spiro atoms. The van der Waals surface area contributed by atoms with Gasteiger partial charge in [-0.25, -0.2) is 0 Å². The number of hydrogen-bond acceptors (Lipinski definition) is 1. The molecule has 0 aliphatic heterocycles. The Bertz CT molecular complexity index is 54.9. The summed E-state index contributed by atoms with van der Waals surface area (Å²) < 4.78 is 0. The Hall–Kier alpha value is 0.726. The van der Waals surface area contributed by atoms with Crippen LogP contribution < -0.4 is 5.32 Å². The van der Waals surface area contributed by atoms with Gasteiger partial charge >= 0.3 is 23.1 Å². The van der Waals surface area contributed by atoms with E-state index in [1.807, 2.05) is 0 Å². The van der Waals surface area contributed by atoms with Crippen LogP contribution in [0.2, 0.25) is 0 Å². The second-order valence-electron chi connectivity index (χ2n) is 3.33. The molecule has 0 radical (unpaired) electrons. The van der Waals surface area contributed by atoms with E-state index in [-0.39, 0.29) is 23.1 Å². The molecule has 0 heterocycles. The molecular weight excluding hydrogens is 158 g/mol. The first-order valence-electron chi connectivity index (χ1n) is 4.59. The Labute approximate surface area is 94.8 Å². The van der Waals surface area contributed by atoms with Crippen LogP contribution in [0, 0.1) is 6.92 Å². The first kappa shape index (κ1) is 18.5. The summed E-state index contributed by atoms with van der Waals surface area (Å²) in [4.78, 5) is 0. The van der Waals surface area contributed by atoms with Crippen molar-refractivity contribution in [3.05, 3.63) is 6.92 Å². The maximum atomic E-state index is 3.60. The van der Waals surface area contributed by atoms with Crippen molar-refractivity contribution in [3.8, 4) is 0 Å². The van der Waals surface area contributed by atoms with Gasteiger partial charge < -0.3 is 12.2 Å². The van der Waals surface area contributed by atoms with Gasteiger partial charge in [0.1, 0.15) is 0 Å². The summed E-state index contributed by atoms with van der Waals surface area (Å²) in [7, 11) is 0. The van der Waals surface area contributed by atoms with Crippen molar-refractivity contribution in [1.82, 2.24) is 5.32 Å². The third kappa shape index (κ3) is 30.9. The largest absolute Gasteiger partial charge is 2.00 e. The summed E-state index contributed by atoms with van der Waals surface area (Å²) in [5.41, 5.74) is 0. The van der Waals surface area contributed by atoms with Crippen molar-refractivity contribution in [3.63, 3.8) is 0 Å². The predicted molar refractivity (Wildman–Crippen MR) is 59.4 cm³/mol. The molecule has 0 aromatic rings. The standard InChI is InChI=1S/C6H15N.C4H9.Mg/c1-5(2)7-6(3)4;1-3-4-2;/h5-7H,1-4H3;1,3-4H2,2H3;/q;-1;+2. The summed E-state index contributed by atoms with van der Waals surface area (Å²) in [6, 6.07) is 1.25. The van der Waals surface area contributed by atoms with Gasteiger partial charge in [-0.2, -0.15) is 6.42 Å². The third-order valence-corrected chi connectivity index (χ3v) is 1.02. The molecule has 0 aliphatic rings. The minimum atomic E-state index is 0. The maximum absolute atomic E-state index is 3.60. The zero-order valence-electron chi connectivity index (χ0n) is 9.48. The van der Waals surface area contributed by atoms with Crippen molar-refractivity contribution in [1.29, 1.82) is 0 Å². The third-order valence-electron chi connectivity index (χ3n) is 1.02. The van der Waals surface area contributed by atoms with Crippen molar-refractivity contribution in [2.24, 2.45) is 0 Å². The van der Waals surface area contributed by atoms with Gasteiger partial charge in [0.15, 0.2) is 0 Å². The van der Waals surface area contributed by atoms with E-state index < -0.39 is 0 Å². The molecule has 70 valence electrons. The average molecular weight is 183 g/mol. The van der Waals surface area contributed by atoms with Crippen molar-refractivity contribution < 1.29 is 0 Å². The molecule has 2 heteroatoms. The number of unbranched alkanes of at least 4 members (excludes halogenated alkanes) is 1. The van der Waals surface area contributed by atoms with Gasteiger partial charge in [0.05, 0.1) is 0 Å². The smallest absolute Gasteiger partial charge is 0.343 e. The molecule has 0 aromatic carbocycles. The molecule has 0 saturated carbocycles. The van der Waals surface area contributed by atoms with Crippen LogP contribution in [-0.4, -0.2) is 35.1 Å². The van der Waals surface area contributed by atoms with E-state index in [4.69, 9.17) is 0 Å². The van der Waals surface area contributed by atoms with Crippen molar-refractivity contribution in [2.45, 2.75) is 59.5 Å². The SMILES string of the molecule is CC(C)NC(C)C.[CH2-]CCC.[Mg+2]. The zero-order valence-corrected chi connectivity index (χ0v) is 10.9. The molecule has 12 heavy (non-hydrogen) atoms. The average Bonchev–Trinajstić information content (AvgIpc) is 1.85. The van der Waals surface area contributed by atoms with Gasteiger partial charge in [-0.3, -0.25) is 0 Å². The van der Waals surface area contributed by atoms with Gasteiger partial charge in [-0.1, -0.05) is 41.0 Å². The second-order valence-corrected chi connectivity index (χ2v) is 3.33. The normalized spacial score (nSPS) is 9.00. The van der Waals surface area contributed by atoms with E-state index in [0.29, 0.717) is 12.1 Å². The Kier molecular flexibility index (Phi) is 22.0. The van der Waals surface area contributed by atoms with Gasteiger partial charge in [-0.15, -0.1) is 0 Å². The minimum Gasteiger partial charge on any atom is -0.343 e. The van der Waals surface area contributed by atoms with Crippen molar-refractivity contribution in [2.75, 3.05) is 0 Å². The van der Waals surface area contributed by atoms with Crippen LogP contribution in [0.5, 0.6) is 0 Å². The van der Waals surface area contributed by atoms with E-state index in [1.165, 1.54) is 6.42 Å². The van der Waals surface area contributed by atoms with Crippen LogP contribution in [-0.2, 0) is 0 Å². The van der Waals surface area contributed by atoms with Crippen LogP contribution in [0.15, 0.2) is 0 Å². The Morgan fingerprint density at radius 1 is 1.08 bits per heavy atom. The van der Waals surface area contributed by atoms with E-state index >= 15 is 0 Å². The van der Waals surface area contributed by atoms with Gasteiger partial charge in [0.2, 0.25) is 0 Å². The van der Waals surface area contributed by atoms with Crippen LogP contribution in [0.1, 0.15) is 47.5 Å². The summed E-state index contributed by atoms with van der Waals surface area (Å²) in [5.74, 6) is 0. The molecule has 1 N–H and O–H groups in total. The monoisotopic (exact) mass is 182 g/mol. The van der Waals surface area contributed by atoms with E-state index in [2.05, 4.69) is 46.9 Å². The van der Waals surface area contributed by atoms with Crippen LogP contribution >= 0.6 is 0 Å². The molecule has 0 unspecified atom stereocenters. The molecule has 0 rings (SSSR count).